The molecule has 0 bridgehead atoms. The van der Waals surface area contributed by atoms with E-state index in [9.17, 15) is 9.59 Å². The number of ether oxygens (including phenoxy) is 1. The molecule has 0 radical (unpaired) electrons. The molecule has 7 nitrogen and oxygen atoms in total. The number of methoxy groups -OCH3 is 1. The first-order valence-electron chi connectivity index (χ1n) is 10.1. The number of anilines is 1. The summed E-state index contributed by atoms with van der Waals surface area (Å²) in [5.41, 5.74) is 2.44. The maximum Gasteiger partial charge on any atom is 0.255 e. The summed E-state index contributed by atoms with van der Waals surface area (Å²) in [6.45, 7) is 2.62. The van der Waals surface area contributed by atoms with E-state index in [0.717, 1.165) is 11.3 Å². The Morgan fingerprint density at radius 2 is 1.97 bits per heavy atom. The maximum absolute atomic E-state index is 13.1. The Hall–Kier alpha value is -3.03. The zero-order chi connectivity index (χ0) is 22.8. The highest BCUT2D eigenvalue weighted by Gasteiger charge is 2.30. The van der Waals surface area contributed by atoms with Crippen molar-refractivity contribution in [2.45, 2.75) is 32.5 Å². The predicted octanol–water partition coefficient (Wildman–Crippen LogP) is 4.28. The van der Waals surface area contributed by atoms with Crippen LogP contribution in [0, 0.1) is 0 Å². The second-order valence-electron chi connectivity index (χ2n) is 7.66. The first-order valence-corrected chi connectivity index (χ1v) is 10.9. The standard InChI is InChI=1S/C23H22Cl2N4O3/c1-13-9-17-20(12-29(13)22(31)15-5-8-18(24)19(25)10-15)27-23(28-21(17)30)26-11-14-3-6-16(32-2)7-4-14/h3-8,10,13H,9,11-12H2,1-2H3,(H2,26,27,28,30)/t13-/m0/s1. The van der Waals surface area contributed by atoms with Crippen LogP contribution in [0.3, 0.4) is 0 Å². The van der Waals surface area contributed by atoms with Crippen molar-refractivity contribution in [2.75, 3.05) is 12.4 Å². The topological polar surface area (TPSA) is 87.3 Å². The zero-order valence-electron chi connectivity index (χ0n) is 17.6. The third-order valence-electron chi connectivity index (χ3n) is 5.50. The lowest BCUT2D eigenvalue weighted by Gasteiger charge is -2.34. The van der Waals surface area contributed by atoms with Crippen molar-refractivity contribution in [1.29, 1.82) is 0 Å². The Labute approximate surface area is 195 Å². The third-order valence-corrected chi connectivity index (χ3v) is 6.24. The molecule has 0 fully saturated rings. The quantitative estimate of drug-likeness (QED) is 0.578. The van der Waals surface area contributed by atoms with Gasteiger partial charge in [-0.3, -0.25) is 14.6 Å². The van der Waals surface area contributed by atoms with Crippen LogP contribution in [0.25, 0.3) is 0 Å². The summed E-state index contributed by atoms with van der Waals surface area (Å²) in [5, 5.41) is 3.86. The summed E-state index contributed by atoms with van der Waals surface area (Å²) in [7, 11) is 1.62. The van der Waals surface area contributed by atoms with E-state index in [-0.39, 0.29) is 24.1 Å². The fourth-order valence-corrected chi connectivity index (χ4v) is 3.99. The number of nitrogens with one attached hydrogen (secondary N) is 2. The van der Waals surface area contributed by atoms with Gasteiger partial charge in [-0.25, -0.2) is 4.98 Å². The average Bonchev–Trinajstić information content (AvgIpc) is 2.79. The molecule has 1 amide bonds. The lowest BCUT2D eigenvalue weighted by atomic mass is 9.99. The van der Waals surface area contributed by atoms with Crippen molar-refractivity contribution in [3.63, 3.8) is 0 Å². The van der Waals surface area contributed by atoms with Gasteiger partial charge in [-0.1, -0.05) is 35.3 Å². The van der Waals surface area contributed by atoms with Crippen molar-refractivity contribution in [3.8, 4) is 5.75 Å². The van der Waals surface area contributed by atoms with E-state index in [4.69, 9.17) is 27.9 Å². The number of nitrogens with zero attached hydrogens (tertiary/aromatic N) is 2. The summed E-state index contributed by atoms with van der Waals surface area (Å²) in [4.78, 5) is 34.8. The maximum atomic E-state index is 13.1. The van der Waals surface area contributed by atoms with E-state index in [1.54, 1.807) is 30.2 Å². The van der Waals surface area contributed by atoms with Gasteiger partial charge in [0.05, 0.1) is 29.4 Å². The molecule has 0 aliphatic carbocycles. The highest BCUT2D eigenvalue weighted by atomic mass is 35.5. The molecule has 0 spiro atoms. The largest absolute Gasteiger partial charge is 0.497 e. The molecule has 0 unspecified atom stereocenters. The van der Waals surface area contributed by atoms with Crippen LogP contribution in [-0.4, -0.2) is 33.9 Å². The SMILES string of the molecule is COc1ccc(CNc2nc3c(c(=O)[nH]2)C[C@H](C)N(C(=O)c2ccc(Cl)c(Cl)c2)C3)cc1. The van der Waals surface area contributed by atoms with Crippen LogP contribution in [0.5, 0.6) is 5.75 Å². The van der Waals surface area contributed by atoms with Gasteiger partial charge in [-0.05, 0) is 49.2 Å². The smallest absolute Gasteiger partial charge is 0.255 e. The lowest BCUT2D eigenvalue weighted by Crippen LogP contribution is -2.45. The number of amides is 1. The minimum absolute atomic E-state index is 0.162. The van der Waals surface area contributed by atoms with Crippen molar-refractivity contribution < 1.29 is 9.53 Å². The molecule has 2 N–H and O–H groups in total. The molecule has 1 atom stereocenters. The highest BCUT2D eigenvalue weighted by Crippen LogP contribution is 2.26. The number of carbonyl (C=O) groups excluding carboxylic acids is 1. The number of rotatable bonds is 5. The van der Waals surface area contributed by atoms with Gasteiger partial charge in [0.1, 0.15) is 5.75 Å². The monoisotopic (exact) mass is 472 g/mol. The van der Waals surface area contributed by atoms with E-state index in [1.165, 1.54) is 0 Å². The Kier molecular flexibility index (Phi) is 6.39. The number of carbonyl (C=O) groups is 1. The molecule has 32 heavy (non-hydrogen) atoms. The van der Waals surface area contributed by atoms with E-state index >= 15 is 0 Å². The van der Waals surface area contributed by atoms with Crippen LogP contribution in [0.4, 0.5) is 5.95 Å². The second-order valence-corrected chi connectivity index (χ2v) is 8.47. The summed E-state index contributed by atoms with van der Waals surface area (Å²) in [6.07, 6.45) is 0.420. The van der Waals surface area contributed by atoms with E-state index < -0.39 is 0 Å². The summed E-state index contributed by atoms with van der Waals surface area (Å²) >= 11 is 12.1. The van der Waals surface area contributed by atoms with Crippen molar-refractivity contribution >= 4 is 35.1 Å². The van der Waals surface area contributed by atoms with Crippen LogP contribution < -0.4 is 15.6 Å². The van der Waals surface area contributed by atoms with Gasteiger partial charge in [0.2, 0.25) is 5.95 Å². The summed E-state index contributed by atoms with van der Waals surface area (Å²) in [5.74, 6) is 0.951. The molecule has 1 aliphatic rings. The minimum atomic E-state index is -0.194. The third kappa shape index (κ3) is 4.59. The van der Waals surface area contributed by atoms with Crippen molar-refractivity contribution in [3.05, 3.63) is 85.2 Å². The summed E-state index contributed by atoms with van der Waals surface area (Å²) in [6, 6.07) is 12.2. The second kappa shape index (κ2) is 9.22. The van der Waals surface area contributed by atoms with Gasteiger partial charge in [-0.15, -0.1) is 0 Å². The van der Waals surface area contributed by atoms with E-state index in [2.05, 4.69) is 15.3 Å². The molecule has 1 aromatic heterocycles. The molecular formula is C23H22Cl2N4O3. The van der Waals surface area contributed by atoms with E-state index in [0.29, 0.717) is 45.8 Å². The number of hydrogen-bond acceptors (Lipinski definition) is 5. The highest BCUT2D eigenvalue weighted by molar-refractivity contribution is 6.42. The lowest BCUT2D eigenvalue weighted by molar-refractivity contribution is 0.0653. The minimum Gasteiger partial charge on any atom is -0.497 e. The molecular weight excluding hydrogens is 451 g/mol. The number of H-pyrrole nitrogens is 1. The molecule has 2 heterocycles. The Balaban J connectivity index is 1.54. The molecule has 166 valence electrons. The zero-order valence-corrected chi connectivity index (χ0v) is 19.1. The molecule has 4 rings (SSSR count). The first kappa shape index (κ1) is 22.2. The Morgan fingerprint density at radius 3 is 2.66 bits per heavy atom. The van der Waals surface area contributed by atoms with Gasteiger partial charge < -0.3 is 15.0 Å². The number of aromatic nitrogens is 2. The fraction of sp³-hybridized carbons (Fsp3) is 0.261. The molecule has 2 aromatic carbocycles. The summed E-state index contributed by atoms with van der Waals surface area (Å²) < 4.78 is 5.17. The van der Waals surface area contributed by atoms with Crippen LogP contribution in [0.2, 0.25) is 10.0 Å². The number of fused-ring (bicyclic) bond motifs is 1. The first-order chi connectivity index (χ1) is 15.4. The van der Waals surface area contributed by atoms with E-state index in [1.807, 2.05) is 31.2 Å². The Bertz CT molecular complexity index is 1210. The van der Waals surface area contributed by atoms with Gasteiger partial charge in [0.15, 0.2) is 0 Å². The molecule has 3 aromatic rings. The van der Waals surface area contributed by atoms with Gasteiger partial charge in [-0.2, -0.15) is 0 Å². The molecule has 1 aliphatic heterocycles. The van der Waals surface area contributed by atoms with Gasteiger partial charge in [0.25, 0.3) is 11.5 Å². The van der Waals surface area contributed by atoms with Crippen LogP contribution in [0.15, 0.2) is 47.3 Å². The molecule has 9 heteroatoms. The predicted molar refractivity (Wildman–Crippen MR) is 125 cm³/mol. The average molecular weight is 473 g/mol. The van der Waals surface area contributed by atoms with Crippen LogP contribution >= 0.6 is 23.2 Å². The Morgan fingerprint density at radius 1 is 1.22 bits per heavy atom. The van der Waals surface area contributed by atoms with Crippen molar-refractivity contribution in [1.82, 2.24) is 14.9 Å². The van der Waals surface area contributed by atoms with Crippen LogP contribution in [-0.2, 0) is 19.5 Å². The molecule has 0 saturated carbocycles. The number of halogens is 2. The van der Waals surface area contributed by atoms with Crippen LogP contribution in [0.1, 0.15) is 34.1 Å². The van der Waals surface area contributed by atoms with Gasteiger partial charge in [0, 0.05) is 23.7 Å². The normalized spacial score (nSPS) is 15.2. The van der Waals surface area contributed by atoms with Gasteiger partial charge >= 0.3 is 0 Å². The number of aromatic amines is 1. The number of hydrogen-bond donors (Lipinski definition) is 2. The molecule has 0 saturated heterocycles. The number of benzene rings is 2. The fourth-order valence-electron chi connectivity index (χ4n) is 3.69. The van der Waals surface area contributed by atoms with Crippen molar-refractivity contribution in [2.24, 2.45) is 0 Å².